The van der Waals surface area contributed by atoms with Crippen molar-refractivity contribution >= 4 is 15.8 Å². The lowest BCUT2D eigenvalue weighted by Crippen LogP contribution is -2.49. The van der Waals surface area contributed by atoms with Gasteiger partial charge in [0.2, 0.25) is 10.0 Å². The van der Waals surface area contributed by atoms with Crippen molar-refractivity contribution in [3.63, 3.8) is 0 Å². The van der Waals surface area contributed by atoms with Crippen molar-refractivity contribution in [2.45, 2.75) is 31.6 Å². The van der Waals surface area contributed by atoms with Crippen molar-refractivity contribution in [3.8, 4) is 0 Å². The first kappa shape index (κ1) is 21.5. The number of anilines is 1. The van der Waals surface area contributed by atoms with E-state index in [0.29, 0.717) is 31.1 Å². The van der Waals surface area contributed by atoms with Crippen LogP contribution in [-0.4, -0.2) is 48.9 Å². The summed E-state index contributed by atoms with van der Waals surface area (Å²) in [5.41, 5.74) is 3.42. The highest BCUT2D eigenvalue weighted by Gasteiger charge is 2.30. The maximum atomic E-state index is 13.0. The summed E-state index contributed by atoms with van der Waals surface area (Å²) in [6.07, 6.45) is 1.60. The first-order valence-electron chi connectivity index (χ1n) is 10.7. The van der Waals surface area contributed by atoms with E-state index in [4.69, 9.17) is 9.97 Å². The van der Waals surface area contributed by atoms with Crippen LogP contribution in [0.1, 0.15) is 29.6 Å². The van der Waals surface area contributed by atoms with Gasteiger partial charge in [-0.05, 0) is 31.0 Å². The lowest BCUT2D eigenvalue weighted by Gasteiger charge is -2.36. The van der Waals surface area contributed by atoms with E-state index in [1.54, 1.807) is 28.6 Å². The molecule has 7 heteroatoms. The first-order valence-corrected chi connectivity index (χ1v) is 12.1. The molecule has 0 N–H and O–H groups in total. The molecule has 2 aromatic carbocycles. The van der Waals surface area contributed by atoms with Crippen molar-refractivity contribution in [1.82, 2.24) is 14.3 Å². The highest BCUT2D eigenvalue weighted by Crippen LogP contribution is 2.27. The molecule has 1 aliphatic heterocycles. The van der Waals surface area contributed by atoms with E-state index in [2.05, 4.69) is 24.0 Å². The Morgan fingerprint density at radius 3 is 2.10 bits per heavy atom. The Kier molecular flexibility index (Phi) is 6.34. The van der Waals surface area contributed by atoms with Crippen LogP contribution in [0.25, 0.3) is 0 Å². The number of nitrogens with zero attached hydrogens (tertiary/aromatic N) is 4. The fourth-order valence-electron chi connectivity index (χ4n) is 4.05. The molecule has 4 rings (SSSR count). The van der Waals surface area contributed by atoms with E-state index in [1.807, 2.05) is 31.2 Å². The van der Waals surface area contributed by atoms with Crippen LogP contribution in [-0.2, 0) is 22.9 Å². The lowest BCUT2D eigenvalue weighted by atomic mass is 10.0. The number of aromatic nitrogens is 2. The molecule has 0 atom stereocenters. The zero-order chi connectivity index (χ0) is 21.8. The van der Waals surface area contributed by atoms with Crippen LogP contribution in [0, 0.1) is 6.92 Å². The molecule has 0 radical (unpaired) electrons. The van der Waals surface area contributed by atoms with Crippen LogP contribution < -0.4 is 4.90 Å². The summed E-state index contributed by atoms with van der Waals surface area (Å²) in [4.78, 5) is 12.0. The van der Waals surface area contributed by atoms with Gasteiger partial charge in [-0.1, -0.05) is 55.5 Å². The fourth-order valence-corrected chi connectivity index (χ4v) is 5.50. The summed E-state index contributed by atoms with van der Waals surface area (Å²) >= 11 is 0. The molecule has 3 aromatic rings. The van der Waals surface area contributed by atoms with Gasteiger partial charge >= 0.3 is 0 Å². The average molecular weight is 437 g/mol. The molecule has 1 aliphatic rings. The smallest absolute Gasteiger partial charge is 0.243 e. The van der Waals surface area contributed by atoms with Crippen molar-refractivity contribution in [1.29, 1.82) is 0 Å². The number of hydrogen-bond acceptors (Lipinski definition) is 5. The van der Waals surface area contributed by atoms with Crippen LogP contribution in [0.5, 0.6) is 0 Å². The van der Waals surface area contributed by atoms with Crippen LogP contribution in [0.15, 0.2) is 65.6 Å². The largest absolute Gasteiger partial charge is 0.354 e. The molecule has 0 saturated carbocycles. The molecule has 1 fully saturated rings. The number of piperazine rings is 1. The van der Waals surface area contributed by atoms with Gasteiger partial charge in [0.05, 0.1) is 4.90 Å². The predicted octanol–water partition coefficient (Wildman–Crippen LogP) is 3.45. The number of rotatable bonds is 6. The molecule has 0 spiro atoms. The molecule has 0 unspecified atom stereocenters. The minimum absolute atomic E-state index is 0.347. The molecule has 0 bridgehead atoms. The van der Waals surface area contributed by atoms with E-state index in [9.17, 15) is 8.42 Å². The topological polar surface area (TPSA) is 66.4 Å². The lowest BCUT2D eigenvalue weighted by molar-refractivity contribution is 0.383. The van der Waals surface area contributed by atoms with Gasteiger partial charge in [-0.2, -0.15) is 4.31 Å². The van der Waals surface area contributed by atoms with E-state index in [0.717, 1.165) is 35.7 Å². The van der Waals surface area contributed by atoms with Gasteiger partial charge in [0.25, 0.3) is 0 Å². The number of sulfonamides is 1. The van der Waals surface area contributed by atoms with Crippen LogP contribution >= 0.6 is 0 Å². The molecular formula is C24H28N4O2S. The highest BCUT2D eigenvalue weighted by atomic mass is 32.2. The van der Waals surface area contributed by atoms with Gasteiger partial charge in [-0.15, -0.1) is 0 Å². The summed E-state index contributed by atoms with van der Waals surface area (Å²) in [5.74, 6) is 1.69. The predicted molar refractivity (Wildman–Crippen MR) is 123 cm³/mol. The Balaban J connectivity index is 1.59. The Morgan fingerprint density at radius 1 is 0.871 bits per heavy atom. The molecule has 0 aliphatic carbocycles. The summed E-state index contributed by atoms with van der Waals surface area (Å²) < 4.78 is 27.5. The van der Waals surface area contributed by atoms with E-state index >= 15 is 0 Å². The first-order chi connectivity index (χ1) is 15.0. The van der Waals surface area contributed by atoms with Gasteiger partial charge in [-0.25, -0.2) is 18.4 Å². The zero-order valence-electron chi connectivity index (χ0n) is 18.0. The molecule has 0 amide bonds. The normalized spacial score (nSPS) is 15.2. The zero-order valence-corrected chi connectivity index (χ0v) is 18.8. The van der Waals surface area contributed by atoms with Crippen molar-refractivity contribution in [2.75, 3.05) is 31.1 Å². The minimum Gasteiger partial charge on any atom is -0.354 e. The Hall–Kier alpha value is -2.77. The number of hydrogen-bond donors (Lipinski definition) is 0. The molecule has 162 valence electrons. The van der Waals surface area contributed by atoms with Gasteiger partial charge < -0.3 is 4.90 Å². The van der Waals surface area contributed by atoms with Crippen molar-refractivity contribution in [3.05, 3.63) is 83.3 Å². The number of aryl methyl sites for hydroxylation is 2. The average Bonchev–Trinajstić information content (AvgIpc) is 2.81. The molecule has 2 heterocycles. The van der Waals surface area contributed by atoms with Crippen molar-refractivity contribution < 1.29 is 8.42 Å². The summed E-state index contributed by atoms with van der Waals surface area (Å²) in [7, 11) is -3.47. The molecule has 1 aromatic heterocycles. The maximum absolute atomic E-state index is 13.0. The monoisotopic (exact) mass is 436 g/mol. The van der Waals surface area contributed by atoms with E-state index in [1.165, 1.54) is 5.56 Å². The summed E-state index contributed by atoms with van der Waals surface area (Å²) in [5, 5.41) is 0. The molecule has 31 heavy (non-hydrogen) atoms. The molecule has 6 nitrogen and oxygen atoms in total. The molecule has 1 saturated heterocycles. The SMILES string of the molecule is CCc1nc(C)nc(N2CCN(S(=O)(=O)c3ccccc3)CC2)c1Cc1ccccc1. The Morgan fingerprint density at radius 2 is 1.48 bits per heavy atom. The summed E-state index contributed by atoms with van der Waals surface area (Å²) in [6.45, 7) is 6.12. The fraction of sp³-hybridized carbons (Fsp3) is 0.333. The second kappa shape index (κ2) is 9.16. The standard InChI is InChI=1S/C24H28N4O2S/c1-3-23-22(18-20-10-6-4-7-11-20)24(26-19(2)25-23)27-14-16-28(17-15-27)31(29,30)21-12-8-5-9-13-21/h4-13H,3,14-18H2,1-2H3. The second-order valence-corrected chi connectivity index (χ2v) is 9.68. The number of benzene rings is 2. The van der Waals surface area contributed by atoms with Crippen LogP contribution in [0.2, 0.25) is 0 Å². The van der Waals surface area contributed by atoms with Crippen LogP contribution in [0.4, 0.5) is 5.82 Å². The van der Waals surface area contributed by atoms with Crippen LogP contribution in [0.3, 0.4) is 0 Å². The summed E-state index contributed by atoms with van der Waals surface area (Å²) in [6, 6.07) is 19.0. The van der Waals surface area contributed by atoms with Crippen molar-refractivity contribution in [2.24, 2.45) is 0 Å². The highest BCUT2D eigenvalue weighted by molar-refractivity contribution is 7.89. The third-order valence-corrected chi connectivity index (χ3v) is 7.57. The van der Waals surface area contributed by atoms with Gasteiger partial charge in [-0.3, -0.25) is 0 Å². The minimum atomic E-state index is -3.47. The Bertz CT molecular complexity index is 1130. The van der Waals surface area contributed by atoms with Gasteiger partial charge in [0, 0.05) is 43.9 Å². The van der Waals surface area contributed by atoms with Gasteiger partial charge in [0.1, 0.15) is 11.6 Å². The van der Waals surface area contributed by atoms with E-state index < -0.39 is 10.0 Å². The third kappa shape index (κ3) is 4.62. The maximum Gasteiger partial charge on any atom is 0.243 e. The second-order valence-electron chi connectivity index (χ2n) is 7.74. The molecular weight excluding hydrogens is 408 g/mol. The third-order valence-electron chi connectivity index (χ3n) is 5.66. The van der Waals surface area contributed by atoms with E-state index in [-0.39, 0.29) is 0 Å². The quantitative estimate of drug-likeness (QED) is 0.592. The Labute approximate surface area is 184 Å². The van der Waals surface area contributed by atoms with Gasteiger partial charge in [0.15, 0.2) is 0 Å².